The van der Waals surface area contributed by atoms with Gasteiger partial charge in [-0.05, 0) is 49.4 Å². The number of ether oxygens (including phenoxy) is 1. The van der Waals surface area contributed by atoms with Crippen LogP contribution in [0.4, 0.5) is 11.4 Å². The molecule has 2 fully saturated rings. The summed E-state index contributed by atoms with van der Waals surface area (Å²) < 4.78 is 5.46. The molecule has 2 aromatic carbocycles. The molecule has 1 spiro atoms. The number of fused-ring (bicyclic) bond motifs is 4. The topological polar surface area (TPSA) is 44.8 Å². The van der Waals surface area contributed by atoms with E-state index in [1.54, 1.807) is 7.11 Å². The highest BCUT2D eigenvalue weighted by molar-refractivity contribution is 6.31. The fraction of sp³-hybridized carbons (Fsp3) is 0.458. The smallest absolute Gasteiger partial charge is 0.227 e. The second kappa shape index (κ2) is 7.69. The van der Waals surface area contributed by atoms with Gasteiger partial charge >= 0.3 is 0 Å². The monoisotopic (exact) mass is 425 g/mol. The number of nitrogens with one attached hydrogen (secondary N) is 1. The van der Waals surface area contributed by atoms with Crippen LogP contribution in [0.3, 0.4) is 0 Å². The summed E-state index contributed by atoms with van der Waals surface area (Å²) in [6.07, 6.45) is 4.70. The number of halogens is 1. The Morgan fingerprint density at radius 1 is 1.20 bits per heavy atom. The highest BCUT2D eigenvalue weighted by Crippen LogP contribution is 2.47. The summed E-state index contributed by atoms with van der Waals surface area (Å²) >= 11 is 6.26. The minimum atomic E-state index is 0.0109. The number of anilines is 2. The Morgan fingerprint density at radius 3 is 2.77 bits per heavy atom. The second-order valence-electron chi connectivity index (χ2n) is 8.66. The van der Waals surface area contributed by atoms with E-state index in [4.69, 9.17) is 16.3 Å². The number of methoxy groups -OCH3 is 1. The highest BCUT2D eigenvalue weighted by atomic mass is 35.5. The van der Waals surface area contributed by atoms with Crippen LogP contribution >= 0.6 is 11.6 Å². The van der Waals surface area contributed by atoms with Crippen molar-refractivity contribution < 1.29 is 9.53 Å². The third kappa shape index (κ3) is 3.29. The van der Waals surface area contributed by atoms with E-state index in [0.29, 0.717) is 17.5 Å². The molecule has 1 atom stereocenters. The number of amides is 1. The summed E-state index contributed by atoms with van der Waals surface area (Å²) in [5.74, 6) is 1.04. The van der Waals surface area contributed by atoms with Gasteiger partial charge in [-0.1, -0.05) is 29.8 Å². The van der Waals surface area contributed by atoms with Crippen LogP contribution in [-0.4, -0.2) is 49.1 Å². The maximum absolute atomic E-state index is 12.9. The van der Waals surface area contributed by atoms with Gasteiger partial charge in [-0.3, -0.25) is 4.79 Å². The maximum atomic E-state index is 12.9. The Hall–Kier alpha value is -2.40. The molecule has 2 saturated heterocycles. The van der Waals surface area contributed by atoms with Gasteiger partial charge in [-0.15, -0.1) is 0 Å². The lowest BCUT2D eigenvalue weighted by Gasteiger charge is -2.53. The van der Waals surface area contributed by atoms with Crippen LogP contribution in [0.25, 0.3) is 0 Å². The summed E-state index contributed by atoms with van der Waals surface area (Å²) in [6.45, 7) is 2.66. The first-order chi connectivity index (χ1) is 14.6. The molecule has 3 heterocycles. The van der Waals surface area contributed by atoms with Crippen molar-refractivity contribution in [2.75, 3.05) is 37.0 Å². The van der Waals surface area contributed by atoms with E-state index in [2.05, 4.69) is 22.3 Å². The SMILES string of the molecule is COc1ccc2c(c1)NC1(CCN(C(=O)Cc3ccccc3Cl)CC1)C1CCCN21. The van der Waals surface area contributed by atoms with Crippen LogP contribution < -0.4 is 15.0 Å². The zero-order valence-corrected chi connectivity index (χ0v) is 18.1. The summed E-state index contributed by atoms with van der Waals surface area (Å²) in [6, 6.07) is 14.4. The predicted octanol–water partition coefficient (Wildman–Crippen LogP) is 4.35. The molecule has 1 N–H and O–H groups in total. The third-order valence-corrected chi connectivity index (χ3v) is 7.46. The second-order valence-corrected chi connectivity index (χ2v) is 9.07. The fourth-order valence-corrected chi connectivity index (χ4v) is 5.71. The fourth-order valence-electron chi connectivity index (χ4n) is 5.50. The quantitative estimate of drug-likeness (QED) is 0.794. The van der Waals surface area contributed by atoms with Gasteiger partial charge in [0.1, 0.15) is 5.75 Å². The van der Waals surface area contributed by atoms with Crippen molar-refractivity contribution in [3.05, 3.63) is 53.1 Å². The molecule has 0 saturated carbocycles. The van der Waals surface area contributed by atoms with Crippen molar-refractivity contribution in [1.82, 2.24) is 4.90 Å². The van der Waals surface area contributed by atoms with Crippen molar-refractivity contribution in [3.63, 3.8) is 0 Å². The number of carbonyl (C=O) groups is 1. The van der Waals surface area contributed by atoms with Crippen LogP contribution in [0.2, 0.25) is 5.02 Å². The van der Waals surface area contributed by atoms with E-state index < -0.39 is 0 Å². The number of piperidine rings is 1. The van der Waals surface area contributed by atoms with E-state index in [1.807, 2.05) is 35.2 Å². The van der Waals surface area contributed by atoms with Gasteiger partial charge in [-0.25, -0.2) is 0 Å². The summed E-state index contributed by atoms with van der Waals surface area (Å²) in [7, 11) is 1.71. The molecule has 0 radical (unpaired) electrons. The summed E-state index contributed by atoms with van der Waals surface area (Å²) in [5, 5.41) is 4.56. The number of hydrogen-bond donors (Lipinski definition) is 1. The molecule has 0 bridgehead atoms. The van der Waals surface area contributed by atoms with Gasteiger partial charge in [0.2, 0.25) is 5.91 Å². The van der Waals surface area contributed by atoms with Crippen molar-refractivity contribution in [2.24, 2.45) is 0 Å². The minimum absolute atomic E-state index is 0.0109. The minimum Gasteiger partial charge on any atom is -0.497 e. The Labute approximate surface area is 182 Å². The van der Waals surface area contributed by atoms with Crippen molar-refractivity contribution in [2.45, 2.75) is 43.7 Å². The van der Waals surface area contributed by atoms with Crippen LogP contribution in [0, 0.1) is 0 Å². The van der Waals surface area contributed by atoms with Crippen LogP contribution in [0.15, 0.2) is 42.5 Å². The van der Waals surface area contributed by atoms with Crippen molar-refractivity contribution >= 4 is 28.9 Å². The average Bonchev–Trinajstić information content (AvgIpc) is 3.27. The first kappa shape index (κ1) is 19.6. The molecule has 5 rings (SSSR count). The Kier molecular flexibility index (Phi) is 5.02. The van der Waals surface area contributed by atoms with Gasteiger partial charge in [0.05, 0.1) is 36.5 Å². The van der Waals surface area contributed by atoms with Gasteiger partial charge in [0, 0.05) is 30.7 Å². The standard InChI is InChI=1S/C24H28ClN3O2/c1-30-18-8-9-21-20(16-18)26-24(22-7-4-12-28(21)22)10-13-27(14-11-24)23(29)15-17-5-2-3-6-19(17)25/h2-3,5-6,8-9,16,22,26H,4,7,10-15H2,1H3. The van der Waals surface area contributed by atoms with Crippen molar-refractivity contribution in [1.29, 1.82) is 0 Å². The summed E-state index contributed by atoms with van der Waals surface area (Å²) in [4.78, 5) is 17.5. The Morgan fingerprint density at radius 2 is 2.00 bits per heavy atom. The average molecular weight is 426 g/mol. The number of benzene rings is 2. The predicted molar refractivity (Wildman–Crippen MR) is 121 cm³/mol. The normalized spacial score (nSPS) is 21.7. The largest absolute Gasteiger partial charge is 0.497 e. The molecular weight excluding hydrogens is 398 g/mol. The zero-order chi connectivity index (χ0) is 20.7. The Balaban J connectivity index is 1.33. The molecule has 6 heteroatoms. The van der Waals surface area contributed by atoms with E-state index >= 15 is 0 Å². The molecule has 1 amide bonds. The molecule has 2 aromatic rings. The molecule has 3 aliphatic rings. The Bertz CT molecular complexity index is 955. The number of likely N-dealkylation sites (tertiary alicyclic amines) is 1. The molecule has 1 unspecified atom stereocenters. The number of carbonyl (C=O) groups excluding carboxylic acids is 1. The zero-order valence-electron chi connectivity index (χ0n) is 17.4. The van der Waals surface area contributed by atoms with E-state index in [0.717, 1.165) is 49.5 Å². The lowest BCUT2D eigenvalue weighted by Crippen LogP contribution is -2.63. The van der Waals surface area contributed by atoms with Gasteiger partial charge in [0.25, 0.3) is 0 Å². The molecule has 0 aromatic heterocycles. The van der Waals surface area contributed by atoms with Crippen LogP contribution in [0.5, 0.6) is 5.75 Å². The first-order valence-electron chi connectivity index (χ1n) is 10.8. The number of nitrogens with zero attached hydrogens (tertiary/aromatic N) is 2. The van der Waals surface area contributed by atoms with E-state index in [1.165, 1.54) is 18.5 Å². The maximum Gasteiger partial charge on any atom is 0.227 e. The third-order valence-electron chi connectivity index (χ3n) is 7.10. The molecular formula is C24H28ClN3O2. The van der Waals surface area contributed by atoms with Crippen LogP contribution in [-0.2, 0) is 11.2 Å². The van der Waals surface area contributed by atoms with Crippen LogP contribution in [0.1, 0.15) is 31.2 Å². The van der Waals surface area contributed by atoms with E-state index in [-0.39, 0.29) is 11.4 Å². The van der Waals surface area contributed by atoms with Gasteiger partial charge in [0.15, 0.2) is 0 Å². The lowest BCUT2D eigenvalue weighted by atomic mass is 9.77. The molecule has 3 aliphatic heterocycles. The summed E-state index contributed by atoms with van der Waals surface area (Å²) in [5.41, 5.74) is 3.35. The molecule has 0 aliphatic carbocycles. The van der Waals surface area contributed by atoms with Gasteiger partial charge in [-0.2, -0.15) is 0 Å². The lowest BCUT2D eigenvalue weighted by molar-refractivity contribution is -0.132. The molecule has 5 nitrogen and oxygen atoms in total. The van der Waals surface area contributed by atoms with Crippen molar-refractivity contribution in [3.8, 4) is 5.75 Å². The first-order valence-corrected chi connectivity index (χ1v) is 11.2. The molecule has 30 heavy (non-hydrogen) atoms. The van der Waals surface area contributed by atoms with Gasteiger partial charge < -0.3 is 19.9 Å². The number of rotatable bonds is 3. The highest BCUT2D eigenvalue weighted by Gasteiger charge is 2.49. The molecule has 158 valence electrons. The number of hydrogen-bond acceptors (Lipinski definition) is 4. The van der Waals surface area contributed by atoms with E-state index in [9.17, 15) is 4.79 Å².